The molecule has 4 aliphatic rings. The van der Waals surface area contributed by atoms with Crippen LogP contribution in [0.15, 0.2) is 36.4 Å². The monoisotopic (exact) mass is 358 g/mol. The first-order chi connectivity index (χ1) is 13.1. The van der Waals surface area contributed by atoms with E-state index in [4.69, 9.17) is 4.98 Å². The second-order valence-corrected chi connectivity index (χ2v) is 9.51. The number of benzene rings is 2. The molecular weight excluding hydrogens is 332 g/mol. The molecule has 0 atom stereocenters. The molecule has 4 saturated carbocycles. The highest BCUT2D eigenvalue weighted by molar-refractivity contribution is 5.81. The molecule has 0 amide bonds. The smallest absolute Gasteiger partial charge is 0.142 e. The molecule has 27 heavy (non-hydrogen) atoms. The second kappa shape index (κ2) is 5.37. The molecule has 0 aliphatic heterocycles. The Morgan fingerprint density at radius 2 is 1.67 bits per heavy atom. The molecule has 2 N–H and O–H groups in total. The largest absolute Gasteiger partial charge is 0.507 e. The lowest BCUT2D eigenvalue weighted by atomic mass is 9.48. The van der Waals surface area contributed by atoms with Crippen molar-refractivity contribution in [1.29, 1.82) is 0 Å². The van der Waals surface area contributed by atoms with Gasteiger partial charge in [0.05, 0.1) is 16.6 Å². The second-order valence-electron chi connectivity index (χ2n) is 9.51. The fourth-order valence-electron chi connectivity index (χ4n) is 6.88. The highest BCUT2D eigenvalue weighted by Gasteiger charge is 2.52. The van der Waals surface area contributed by atoms with Crippen molar-refractivity contribution in [3.05, 3.63) is 47.5 Å². The van der Waals surface area contributed by atoms with Crippen molar-refractivity contribution in [3.8, 4) is 17.1 Å². The summed E-state index contributed by atoms with van der Waals surface area (Å²) >= 11 is 0. The third-order valence-electron chi connectivity index (χ3n) is 7.51. The molecule has 4 aliphatic carbocycles. The number of para-hydroxylation sites is 2. The van der Waals surface area contributed by atoms with Gasteiger partial charge in [-0.2, -0.15) is 0 Å². The van der Waals surface area contributed by atoms with Crippen LogP contribution in [0.2, 0.25) is 0 Å². The van der Waals surface area contributed by atoms with E-state index in [0.29, 0.717) is 5.75 Å². The van der Waals surface area contributed by atoms with Crippen molar-refractivity contribution in [3.63, 3.8) is 0 Å². The first-order valence-electron chi connectivity index (χ1n) is 10.4. The predicted molar refractivity (Wildman–Crippen MR) is 108 cm³/mol. The maximum absolute atomic E-state index is 11.4. The van der Waals surface area contributed by atoms with Crippen molar-refractivity contribution >= 4 is 11.0 Å². The average molecular weight is 358 g/mol. The number of nitrogens with one attached hydrogen (secondary N) is 1. The number of aromatic nitrogens is 2. The minimum atomic E-state index is 0.186. The summed E-state index contributed by atoms with van der Waals surface area (Å²) in [6.45, 7) is 2.15. The standard InChI is InChI=1S/C24H26N2O/c1-14-6-18(23-25-20-4-2-3-5-21(20)26-23)22(27)19(7-14)24-11-15-8-16(12-24)10-17(9-15)13-24/h2-7,15-17,27H,8-13H2,1H3,(H,25,26). The van der Waals surface area contributed by atoms with Crippen LogP contribution >= 0.6 is 0 Å². The fraction of sp³-hybridized carbons (Fsp3) is 0.458. The van der Waals surface area contributed by atoms with Crippen molar-refractivity contribution in [2.75, 3.05) is 0 Å². The molecule has 3 heteroatoms. The van der Waals surface area contributed by atoms with Crippen LogP contribution in [0, 0.1) is 24.7 Å². The molecule has 138 valence electrons. The van der Waals surface area contributed by atoms with E-state index in [1.54, 1.807) is 0 Å². The Morgan fingerprint density at radius 1 is 1.00 bits per heavy atom. The number of aryl methyl sites for hydroxylation is 1. The Balaban J connectivity index is 1.51. The highest BCUT2D eigenvalue weighted by Crippen LogP contribution is 2.62. The van der Waals surface area contributed by atoms with Crippen LogP contribution < -0.4 is 0 Å². The van der Waals surface area contributed by atoms with Gasteiger partial charge in [-0.15, -0.1) is 0 Å². The van der Waals surface area contributed by atoms with Crippen LogP contribution in [-0.4, -0.2) is 15.1 Å². The zero-order chi connectivity index (χ0) is 18.2. The molecule has 0 spiro atoms. The molecule has 0 saturated heterocycles. The van der Waals surface area contributed by atoms with Crippen molar-refractivity contribution in [1.82, 2.24) is 9.97 Å². The molecule has 3 aromatic rings. The first kappa shape index (κ1) is 15.7. The predicted octanol–water partition coefficient (Wildman–Crippen LogP) is 5.71. The number of phenolic OH excluding ortho intramolecular Hbond substituents is 1. The lowest BCUT2D eigenvalue weighted by Gasteiger charge is -2.57. The van der Waals surface area contributed by atoms with E-state index < -0.39 is 0 Å². The normalized spacial score (nSPS) is 31.7. The molecule has 1 heterocycles. The molecular formula is C24H26N2O. The average Bonchev–Trinajstić information content (AvgIpc) is 3.06. The van der Waals surface area contributed by atoms with Crippen LogP contribution in [0.3, 0.4) is 0 Å². The van der Waals surface area contributed by atoms with Gasteiger partial charge in [0.15, 0.2) is 0 Å². The van der Waals surface area contributed by atoms with Crippen molar-refractivity contribution in [2.45, 2.75) is 50.9 Å². The van der Waals surface area contributed by atoms with Crippen LogP contribution in [-0.2, 0) is 5.41 Å². The van der Waals surface area contributed by atoms with Gasteiger partial charge in [0.25, 0.3) is 0 Å². The minimum Gasteiger partial charge on any atom is -0.507 e. The molecule has 0 radical (unpaired) electrons. The Hall–Kier alpha value is -2.29. The van der Waals surface area contributed by atoms with Crippen molar-refractivity contribution in [2.24, 2.45) is 17.8 Å². The van der Waals surface area contributed by atoms with Crippen LogP contribution in [0.25, 0.3) is 22.4 Å². The third-order valence-corrected chi connectivity index (χ3v) is 7.51. The summed E-state index contributed by atoms with van der Waals surface area (Å²) in [5.41, 5.74) is 5.42. The van der Waals surface area contributed by atoms with Crippen LogP contribution in [0.4, 0.5) is 0 Å². The Morgan fingerprint density at radius 3 is 2.33 bits per heavy atom. The molecule has 4 bridgehead atoms. The van der Waals surface area contributed by atoms with Crippen LogP contribution in [0.1, 0.15) is 49.7 Å². The SMILES string of the molecule is Cc1cc(-c2nc3ccccc3[nH]2)c(O)c(C23CC4CC(CC(C4)C2)C3)c1. The fourth-order valence-corrected chi connectivity index (χ4v) is 6.88. The Kier molecular flexibility index (Phi) is 3.13. The Bertz CT molecular complexity index is 979. The van der Waals surface area contributed by atoms with Gasteiger partial charge in [0.2, 0.25) is 0 Å². The molecule has 2 aromatic carbocycles. The van der Waals surface area contributed by atoms with Gasteiger partial charge in [0.1, 0.15) is 11.6 Å². The van der Waals surface area contributed by atoms with E-state index in [2.05, 4.69) is 24.0 Å². The summed E-state index contributed by atoms with van der Waals surface area (Å²) in [5, 5.41) is 11.4. The topological polar surface area (TPSA) is 48.9 Å². The number of fused-ring (bicyclic) bond motifs is 1. The van der Waals surface area contributed by atoms with E-state index in [0.717, 1.165) is 40.2 Å². The Labute approximate surface area is 159 Å². The highest BCUT2D eigenvalue weighted by atomic mass is 16.3. The number of aromatic amines is 1. The molecule has 3 nitrogen and oxygen atoms in total. The zero-order valence-corrected chi connectivity index (χ0v) is 15.8. The number of rotatable bonds is 2. The van der Waals surface area contributed by atoms with E-state index in [1.807, 2.05) is 24.3 Å². The van der Waals surface area contributed by atoms with E-state index in [1.165, 1.54) is 49.7 Å². The molecule has 0 unspecified atom stereocenters. The van der Waals surface area contributed by atoms with Gasteiger partial charge in [0, 0.05) is 5.56 Å². The first-order valence-corrected chi connectivity index (χ1v) is 10.4. The van der Waals surface area contributed by atoms with E-state index in [-0.39, 0.29) is 5.41 Å². The van der Waals surface area contributed by atoms with Gasteiger partial charge >= 0.3 is 0 Å². The summed E-state index contributed by atoms with van der Waals surface area (Å²) in [7, 11) is 0. The number of nitrogens with zero attached hydrogens (tertiary/aromatic N) is 1. The summed E-state index contributed by atoms with van der Waals surface area (Å²) in [6.07, 6.45) is 8.04. The van der Waals surface area contributed by atoms with Crippen molar-refractivity contribution < 1.29 is 5.11 Å². The number of H-pyrrole nitrogens is 1. The minimum absolute atomic E-state index is 0.186. The lowest BCUT2D eigenvalue weighted by Crippen LogP contribution is -2.48. The molecule has 4 fully saturated rings. The summed E-state index contributed by atoms with van der Waals surface area (Å²) in [6, 6.07) is 12.4. The number of hydrogen-bond donors (Lipinski definition) is 2. The van der Waals surface area contributed by atoms with Gasteiger partial charge in [-0.25, -0.2) is 4.98 Å². The van der Waals surface area contributed by atoms with Gasteiger partial charge in [-0.1, -0.05) is 18.2 Å². The van der Waals surface area contributed by atoms with Crippen LogP contribution in [0.5, 0.6) is 5.75 Å². The van der Waals surface area contributed by atoms with E-state index in [9.17, 15) is 5.11 Å². The van der Waals surface area contributed by atoms with E-state index >= 15 is 0 Å². The van der Waals surface area contributed by atoms with Gasteiger partial charge in [-0.3, -0.25) is 0 Å². The number of imidazole rings is 1. The molecule has 7 rings (SSSR count). The number of aromatic hydroxyl groups is 1. The summed E-state index contributed by atoms with van der Waals surface area (Å²) in [4.78, 5) is 8.17. The zero-order valence-electron chi connectivity index (χ0n) is 15.8. The van der Waals surface area contributed by atoms with Gasteiger partial charge in [-0.05, 0) is 92.4 Å². The summed E-state index contributed by atoms with van der Waals surface area (Å²) < 4.78 is 0. The third kappa shape index (κ3) is 2.30. The molecule has 1 aromatic heterocycles. The maximum atomic E-state index is 11.4. The lowest BCUT2D eigenvalue weighted by molar-refractivity contribution is -0.00612. The number of phenols is 1. The number of hydrogen-bond acceptors (Lipinski definition) is 2. The summed E-state index contributed by atoms with van der Waals surface area (Å²) in [5.74, 6) is 3.84. The quantitative estimate of drug-likeness (QED) is 0.616. The maximum Gasteiger partial charge on any atom is 0.142 e. The van der Waals surface area contributed by atoms with Gasteiger partial charge < -0.3 is 10.1 Å².